The minimum atomic E-state index is -0.792. The van der Waals surface area contributed by atoms with Gasteiger partial charge in [-0.1, -0.05) is 44.2 Å². The molecule has 2 aromatic rings. The first kappa shape index (κ1) is 14.8. The zero-order valence-electron chi connectivity index (χ0n) is 11.7. The smallest absolute Gasteiger partial charge is 0.320 e. The van der Waals surface area contributed by atoms with Crippen LogP contribution in [0.2, 0.25) is 0 Å². The van der Waals surface area contributed by atoms with Gasteiger partial charge in [0.05, 0.1) is 0 Å². The average Bonchev–Trinajstić information content (AvgIpc) is 2.88. The summed E-state index contributed by atoms with van der Waals surface area (Å²) in [6, 6.07) is 11.8. The lowest BCUT2D eigenvalue weighted by Crippen LogP contribution is -2.40. The van der Waals surface area contributed by atoms with Crippen molar-refractivity contribution in [1.29, 1.82) is 0 Å². The third kappa shape index (κ3) is 3.68. The zero-order chi connectivity index (χ0) is 14.5. The Balaban J connectivity index is 2.02. The molecular weight excluding hydrogens is 270 g/mol. The van der Waals surface area contributed by atoms with Gasteiger partial charge in [0.1, 0.15) is 6.04 Å². The van der Waals surface area contributed by atoms with Crippen molar-refractivity contribution in [1.82, 2.24) is 5.32 Å². The lowest BCUT2D eigenvalue weighted by molar-refractivity contribution is -0.140. The van der Waals surface area contributed by atoms with E-state index in [1.54, 1.807) is 11.3 Å². The van der Waals surface area contributed by atoms with Gasteiger partial charge in [0.2, 0.25) is 0 Å². The second kappa shape index (κ2) is 6.68. The number of hydrogen-bond donors (Lipinski definition) is 2. The highest BCUT2D eigenvalue weighted by Gasteiger charge is 2.20. The Kier molecular flexibility index (Phi) is 4.93. The number of carboxylic acids is 1. The molecule has 1 aromatic heterocycles. The molecule has 0 radical (unpaired) electrons. The summed E-state index contributed by atoms with van der Waals surface area (Å²) in [6.07, 6.45) is 0. The van der Waals surface area contributed by atoms with Crippen molar-refractivity contribution >= 4 is 17.3 Å². The van der Waals surface area contributed by atoms with E-state index in [4.69, 9.17) is 5.11 Å². The van der Waals surface area contributed by atoms with Crippen LogP contribution in [0.4, 0.5) is 0 Å². The Morgan fingerprint density at radius 2 is 1.95 bits per heavy atom. The molecule has 0 amide bonds. The van der Waals surface area contributed by atoms with E-state index in [2.05, 4.69) is 28.9 Å². The van der Waals surface area contributed by atoms with E-state index in [1.807, 2.05) is 32.0 Å². The van der Waals surface area contributed by atoms with Gasteiger partial charge in [-0.2, -0.15) is 0 Å². The van der Waals surface area contributed by atoms with E-state index in [0.717, 1.165) is 4.88 Å². The van der Waals surface area contributed by atoms with Gasteiger partial charge in [0.25, 0.3) is 0 Å². The molecule has 0 saturated heterocycles. The normalized spacial score (nSPS) is 12.6. The van der Waals surface area contributed by atoms with Crippen molar-refractivity contribution in [3.63, 3.8) is 0 Å². The summed E-state index contributed by atoms with van der Waals surface area (Å²) >= 11 is 1.65. The van der Waals surface area contributed by atoms with E-state index < -0.39 is 12.0 Å². The first-order valence-corrected chi connectivity index (χ1v) is 7.55. The highest BCUT2D eigenvalue weighted by molar-refractivity contribution is 7.10. The second-order valence-electron chi connectivity index (χ2n) is 5.11. The van der Waals surface area contributed by atoms with Gasteiger partial charge in [0.15, 0.2) is 0 Å². The maximum Gasteiger partial charge on any atom is 0.320 e. The van der Waals surface area contributed by atoms with Gasteiger partial charge in [-0.05, 0) is 28.5 Å². The van der Waals surface area contributed by atoms with Crippen LogP contribution in [-0.4, -0.2) is 17.1 Å². The SMILES string of the molecule is CC(C)[C@H](NCc1cc(-c2ccccc2)cs1)C(=O)O. The summed E-state index contributed by atoms with van der Waals surface area (Å²) in [5.41, 5.74) is 2.37. The molecular formula is C16H19NO2S. The summed E-state index contributed by atoms with van der Waals surface area (Å²) in [6.45, 7) is 4.41. The van der Waals surface area contributed by atoms with Crippen LogP contribution in [0.3, 0.4) is 0 Å². The molecule has 2 N–H and O–H groups in total. The standard InChI is InChI=1S/C16H19NO2S/c1-11(2)15(16(18)19)17-9-14-8-13(10-20-14)12-6-4-3-5-7-12/h3-8,10-11,15,17H,9H2,1-2H3,(H,18,19)/t15-/m0/s1. The zero-order valence-corrected chi connectivity index (χ0v) is 12.5. The maximum absolute atomic E-state index is 11.1. The summed E-state index contributed by atoms with van der Waals surface area (Å²) < 4.78 is 0. The molecule has 0 bridgehead atoms. The number of rotatable bonds is 6. The number of carboxylic acid groups (broad SMARTS) is 1. The Labute approximate surface area is 123 Å². The van der Waals surface area contributed by atoms with Crippen LogP contribution in [0, 0.1) is 5.92 Å². The topological polar surface area (TPSA) is 49.3 Å². The van der Waals surface area contributed by atoms with Crippen LogP contribution in [-0.2, 0) is 11.3 Å². The number of carbonyl (C=O) groups is 1. The Bertz CT molecular complexity index is 563. The monoisotopic (exact) mass is 289 g/mol. The quantitative estimate of drug-likeness (QED) is 0.854. The van der Waals surface area contributed by atoms with Crippen LogP contribution in [0.15, 0.2) is 41.8 Å². The number of aliphatic carboxylic acids is 1. The summed E-state index contributed by atoms with van der Waals surface area (Å²) in [7, 11) is 0. The van der Waals surface area contributed by atoms with E-state index in [0.29, 0.717) is 6.54 Å². The molecule has 0 spiro atoms. The lowest BCUT2D eigenvalue weighted by Gasteiger charge is -2.17. The molecule has 1 heterocycles. The third-order valence-corrected chi connectivity index (χ3v) is 4.13. The van der Waals surface area contributed by atoms with E-state index in [-0.39, 0.29) is 5.92 Å². The number of nitrogens with one attached hydrogen (secondary N) is 1. The van der Waals surface area contributed by atoms with E-state index in [1.165, 1.54) is 11.1 Å². The largest absolute Gasteiger partial charge is 0.480 e. The van der Waals surface area contributed by atoms with Crippen LogP contribution in [0.1, 0.15) is 18.7 Å². The summed E-state index contributed by atoms with van der Waals surface area (Å²) in [5.74, 6) is -0.721. The molecule has 3 nitrogen and oxygen atoms in total. The number of thiophene rings is 1. The van der Waals surface area contributed by atoms with Gasteiger partial charge in [-0.25, -0.2) is 0 Å². The van der Waals surface area contributed by atoms with Crippen molar-refractivity contribution < 1.29 is 9.90 Å². The summed E-state index contributed by atoms with van der Waals surface area (Å²) in [4.78, 5) is 12.3. The molecule has 1 atom stereocenters. The molecule has 20 heavy (non-hydrogen) atoms. The lowest BCUT2D eigenvalue weighted by atomic mass is 10.0. The number of benzene rings is 1. The molecule has 0 unspecified atom stereocenters. The van der Waals surface area contributed by atoms with Crippen LogP contribution in [0.5, 0.6) is 0 Å². The first-order valence-electron chi connectivity index (χ1n) is 6.67. The second-order valence-corrected chi connectivity index (χ2v) is 6.10. The molecule has 2 rings (SSSR count). The molecule has 0 fully saturated rings. The molecule has 0 saturated carbocycles. The molecule has 0 aliphatic heterocycles. The van der Waals surface area contributed by atoms with Crippen LogP contribution in [0.25, 0.3) is 11.1 Å². The van der Waals surface area contributed by atoms with Crippen molar-refractivity contribution in [2.24, 2.45) is 5.92 Å². The van der Waals surface area contributed by atoms with Gasteiger partial charge >= 0.3 is 5.97 Å². The van der Waals surface area contributed by atoms with Crippen molar-refractivity contribution in [3.8, 4) is 11.1 Å². The van der Waals surface area contributed by atoms with E-state index in [9.17, 15) is 4.79 Å². The minimum absolute atomic E-state index is 0.0704. The average molecular weight is 289 g/mol. The molecule has 106 valence electrons. The fraction of sp³-hybridized carbons (Fsp3) is 0.312. The highest BCUT2D eigenvalue weighted by Crippen LogP contribution is 2.25. The predicted molar refractivity (Wildman–Crippen MR) is 82.9 cm³/mol. The Hall–Kier alpha value is -1.65. The predicted octanol–water partition coefficient (Wildman–Crippen LogP) is 3.61. The first-order chi connectivity index (χ1) is 9.58. The van der Waals surface area contributed by atoms with Crippen LogP contribution >= 0.6 is 11.3 Å². The molecule has 1 aromatic carbocycles. The van der Waals surface area contributed by atoms with E-state index >= 15 is 0 Å². The molecule has 0 aliphatic carbocycles. The van der Waals surface area contributed by atoms with Gasteiger partial charge in [-0.3, -0.25) is 10.1 Å². The van der Waals surface area contributed by atoms with Crippen LogP contribution < -0.4 is 5.32 Å². The minimum Gasteiger partial charge on any atom is -0.480 e. The Morgan fingerprint density at radius 3 is 2.55 bits per heavy atom. The Morgan fingerprint density at radius 1 is 1.25 bits per heavy atom. The maximum atomic E-state index is 11.1. The fourth-order valence-electron chi connectivity index (χ4n) is 2.07. The van der Waals surface area contributed by atoms with Gasteiger partial charge in [-0.15, -0.1) is 11.3 Å². The molecule has 4 heteroatoms. The van der Waals surface area contributed by atoms with Gasteiger partial charge < -0.3 is 5.11 Å². The van der Waals surface area contributed by atoms with Gasteiger partial charge in [0, 0.05) is 11.4 Å². The fourth-order valence-corrected chi connectivity index (χ4v) is 2.92. The third-order valence-electron chi connectivity index (χ3n) is 3.19. The highest BCUT2D eigenvalue weighted by atomic mass is 32.1. The van der Waals surface area contributed by atoms with Crippen molar-refractivity contribution in [2.45, 2.75) is 26.4 Å². The summed E-state index contributed by atoms with van der Waals surface area (Å²) in [5, 5.41) is 14.4. The van der Waals surface area contributed by atoms with Crippen molar-refractivity contribution in [3.05, 3.63) is 46.7 Å². The molecule has 0 aliphatic rings. The number of hydrogen-bond acceptors (Lipinski definition) is 3. The van der Waals surface area contributed by atoms with Crippen molar-refractivity contribution in [2.75, 3.05) is 0 Å².